The number of carbonyl (C=O) groups excluding carboxylic acids is 3. The Balaban J connectivity index is 1.32. The molecule has 0 radical (unpaired) electrons. The van der Waals surface area contributed by atoms with Gasteiger partial charge in [-0.1, -0.05) is 50.5 Å². The third-order valence-electron chi connectivity index (χ3n) is 13.3. The summed E-state index contributed by atoms with van der Waals surface area (Å²) in [5.41, 5.74) is 0.693. The third-order valence-corrected chi connectivity index (χ3v) is 13.7. The maximum Gasteiger partial charge on any atom is 0.397 e. The van der Waals surface area contributed by atoms with E-state index < -0.39 is 177 Å². The molecule has 1 aromatic carbocycles. The van der Waals surface area contributed by atoms with Crippen LogP contribution in [0.1, 0.15) is 78.2 Å². The van der Waals surface area contributed by atoms with E-state index in [0.717, 1.165) is 40.0 Å². The van der Waals surface area contributed by atoms with Crippen molar-refractivity contribution in [1.82, 2.24) is 21.3 Å². The quantitative estimate of drug-likeness (QED) is 0.0216. The van der Waals surface area contributed by atoms with Crippen molar-refractivity contribution in [3.8, 4) is 5.75 Å². The van der Waals surface area contributed by atoms with Crippen LogP contribution in [0.5, 0.6) is 5.75 Å². The molecular weight excluding hydrogens is 1050 g/mol. The van der Waals surface area contributed by atoms with Crippen molar-refractivity contribution in [1.29, 1.82) is 0 Å². The van der Waals surface area contributed by atoms with Gasteiger partial charge in [0.25, 0.3) is 0 Å². The number of unbranched alkanes of at least 4 members (excludes halogenated alkanes) is 5. The van der Waals surface area contributed by atoms with Gasteiger partial charge in [0, 0.05) is 27.3 Å². The summed E-state index contributed by atoms with van der Waals surface area (Å²) in [5.74, 6) is -1.75. The molecule has 0 aliphatic carbocycles. The third kappa shape index (κ3) is 18.4. The Morgan fingerprint density at radius 2 is 1.10 bits per heavy atom. The molecule has 4 heterocycles. The van der Waals surface area contributed by atoms with Crippen molar-refractivity contribution < 1.29 is 115 Å². The van der Waals surface area contributed by atoms with E-state index in [2.05, 4.69) is 44.5 Å². The van der Waals surface area contributed by atoms with E-state index in [0.29, 0.717) is 17.9 Å². The van der Waals surface area contributed by atoms with Crippen molar-refractivity contribution in [2.45, 2.75) is 202 Å². The summed E-state index contributed by atoms with van der Waals surface area (Å²) in [6.45, 7) is 2.05. The van der Waals surface area contributed by atoms with Crippen LogP contribution in [0.4, 0.5) is 0 Å². The fourth-order valence-electron chi connectivity index (χ4n) is 9.44. The van der Waals surface area contributed by atoms with Crippen molar-refractivity contribution in [2.75, 3.05) is 33.0 Å². The highest BCUT2D eigenvalue weighted by Gasteiger charge is 2.56. The molecule has 1 aromatic rings. The molecule has 0 bridgehead atoms. The van der Waals surface area contributed by atoms with Gasteiger partial charge < -0.3 is 105 Å². The van der Waals surface area contributed by atoms with Gasteiger partial charge in [-0.15, -0.1) is 0 Å². The first-order chi connectivity index (χ1) is 36.6. The highest BCUT2D eigenvalue weighted by atomic mass is 32.3. The normalized spacial score (nSPS) is 35.8. The number of benzene rings is 1. The Bertz CT molecular complexity index is 2130. The second-order valence-electron chi connectivity index (χ2n) is 19.3. The Kier molecular flexibility index (Phi) is 25.7. The summed E-state index contributed by atoms with van der Waals surface area (Å²) >= 11 is 0. The van der Waals surface area contributed by atoms with Crippen LogP contribution < -0.4 is 26.0 Å². The van der Waals surface area contributed by atoms with Crippen LogP contribution in [0.25, 0.3) is 0 Å². The molecule has 1 unspecified atom stereocenters. The summed E-state index contributed by atoms with van der Waals surface area (Å²) in [6, 6.07) is 0.840. The monoisotopic (exact) mass is 1130 g/mol. The maximum atomic E-state index is 12.7. The Morgan fingerprint density at radius 3 is 1.62 bits per heavy atom. The van der Waals surface area contributed by atoms with Crippen molar-refractivity contribution in [3.63, 3.8) is 0 Å². The van der Waals surface area contributed by atoms with Crippen molar-refractivity contribution in [3.05, 3.63) is 42.0 Å². The van der Waals surface area contributed by atoms with Gasteiger partial charge in [0.15, 0.2) is 25.2 Å². The summed E-state index contributed by atoms with van der Waals surface area (Å²) in [4.78, 5) is 37.3. The zero-order chi connectivity index (χ0) is 56.6. The van der Waals surface area contributed by atoms with Gasteiger partial charge >= 0.3 is 10.4 Å². The highest BCUT2D eigenvalue weighted by Crippen LogP contribution is 2.35. The highest BCUT2D eigenvalue weighted by molar-refractivity contribution is 7.80. The van der Waals surface area contributed by atoms with E-state index in [1.54, 1.807) is 24.3 Å². The van der Waals surface area contributed by atoms with Gasteiger partial charge in [0.05, 0.1) is 39.1 Å². The lowest BCUT2D eigenvalue weighted by Gasteiger charge is -2.51. The summed E-state index contributed by atoms with van der Waals surface area (Å²) < 4.78 is 84.3. The van der Waals surface area contributed by atoms with E-state index in [1.807, 2.05) is 0 Å². The number of hydrogen-bond acceptors (Lipinski definition) is 24. The minimum Gasteiger partial charge on any atom is -0.494 e. The molecular formula is C48H78N4O24S. The van der Waals surface area contributed by atoms with Crippen LogP contribution in [0, 0.1) is 0 Å². The molecule has 0 spiro atoms. The molecule has 4 fully saturated rings. The van der Waals surface area contributed by atoms with Crippen LogP contribution in [0.3, 0.4) is 0 Å². The first kappa shape index (κ1) is 64.2. The fourth-order valence-corrected chi connectivity index (χ4v) is 9.74. The Morgan fingerprint density at radius 1 is 0.610 bits per heavy atom. The predicted octanol–water partition coefficient (Wildman–Crippen LogP) is -4.01. The number of amides is 3. The van der Waals surface area contributed by atoms with Gasteiger partial charge in [-0.3, -0.25) is 18.9 Å². The smallest absolute Gasteiger partial charge is 0.397 e. The molecule has 3 amide bonds. The molecule has 4 aliphatic rings. The summed E-state index contributed by atoms with van der Waals surface area (Å²) in [5, 5.41) is 110. The molecule has 20 atom stereocenters. The van der Waals surface area contributed by atoms with Gasteiger partial charge in [0.1, 0.15) is 97.1 Å². The van der Waals surface area contributed by atoms with Gasteiger partial charge in [-0.2, -0.15) is 8.42 Å². The van der Waals surface area contributed by atoms with E-state index in [-0.39, 0.29) is 6.54 Å². The Labute approximate surface area is 446 Å². The Hall–Kier alpha value is -3.64. The maximum absolute atomic E-state index is 12.7. The zero-order valence-electron chi connectivity index (χ0n) is 43.3. The molecule has 29 heteroatoms. The first-order valence-corrected chi connectivity index (χ1v) is 27.0. The number of aliphatic hydroxyl groups is 9. The van der Waals surface area contributed by atoms with Crippen LogP contribution in [-0.4, -0.2) is 232 Å². The lowest BCUT2D eigenvalue weighted by atomic mass is 9.93. The minimum atomic E-state index is -5.15. The molecule has 14 N–H and O–H groups in total. The SMILES string of the molecule is CCCCCCC=CCCCOc1cccc(CN[C@H]2[C@H](O[C@H]3[C@H](O)[C@@H](NC(C)=O)[C@H](O[C@H]4[C@H](O)[C@@H](NC(C)=O)[C@H](O[C@H]5[C@H](O)[C@@H](NC(C)=O)C(O)O[C@@H]5COS(=O)(=O)O)O[C@@H]4CO)O[C@@H]3CO)O[C@H](CO)[C@@H](O)[C@@H]2O)c1. The minimum absolute atomic E-state index is 0.0545. The molecule has 28 nitrogen and oxygen atoms in total. The average Bonchev–Trinajstić information content (AvgIpc) is 3.37. The van der Waals surface area contributed by atoms with E-state index >= 15 is 0 Å². The lowest BCUT2D eigenvalue weighted by Crippen LogP contribution is -2.71. The van der Waals surface area contributed by atoms with Gasteiger partial charge in [-0.25, -0.2) is 4.18 Å². The largest absolute Gasteiger partial charge is 0.494 e. The van der Waals surface area contributed by atoms with Crippen molar-refractivity contribution >= 4 is 28.1 Å². The number of nitrogens with one attached hydrogen (secondary N) is 4. The van der Waals surface area contributed by atoms with Crippen LogP contribution >= 0.6 is 0 Å². The van der Waals surface area contributed by atoms with Gasteiger partial charge in [0.2, 0.25) is 17.7 Å². The molecule has 77 heavy (non-hydrogen) atoms. The van der Waals surface area contributed by atoms with E-state index in [9.17, 15) is 73.3 Å². The van der Waals surface area contributed by atoms with Crippen LogP contribution in [0.2, 0.25) is 0 Å². The molecule has 0 aromatic heterocycles. The summed E-state index contributed by atoms with van der Waals surface area (Å²) in [6.07, 6.45) is -16.4. The average molecular weight is 1130 g/mol. The first-order valence-electron chi connectivity index (χ1n) is 25.6. The molecule has 4 aliphatic heterocycles. The predicted molar refractivity (Wildman–Crippen MR) is 263 cm³/mol. The van der Waals surface area contributed by atoms with E-state index in [4.69, 9.17) is 37.9 Å². The second kappa shape index (κ2) is 30.8. The van der Waals surface area contributed by atoms with E-state index in [1.165, 1.54) is 25.7 Å². The number of allylic oxidation sites excluding steroid dienone is 2. The van der Waals surface area contributed by atoms with Gasteiger partial charge in [-0.05, 0) is 43.4 Å². The molecule has 5 rings (SSSR count). The van der Waals surface area contributed by atoms with Crippen LogP contribution in [0.15, 0.2) is 36.4 Å². The number of hydrogen-bond donors (Lipinski definition) is 14. The topological polar surface area (TPSA) is 419 Å². The van der Waals surface area contributed by atoms with Crippen LogP contribution in [-0.2, 0) is 68.7 Å². The standard InChI is InChI=1S/C48H78N4O24S/c1-5-6-7-8-9-10-11-12-13-17-68-28-16-14-15-27(18-28)19-49-34-38(60)37(59)29(20-53)71-46(34)74-42-30(21-54)72-47(35(40(42)62)51-25(3)57)75-43-31(22-55)73-48(36(41(43)63)52-26(4)58)76-44-32(23-69-77(65,66)67)70-45(64)33(39(44)61)50-24(2)56/h10-11,14-16,18,29-49,53-55,59-64H,5-9,12-13,17,19-23H2,1-4H3,(H,50,56)(H,51,57)(H,52,58)(H,65,66,67)/t29-,30-,31-,32-,33-,34-,35-,36-,37-,38-,39-,40-,41-,42-,43-,44-,45?,46+,47+,48+/m1/s1. The summed E-state index contributed by atoms with van der Waals surface area (Å²) in [7, 11) is -5.15. The number of carbonyl (C=O) groups is 3. The number of ether oxygens (including phenoxy) is 8. The molecule has 4 saturated heterocycles. The zero-order valence-corrected chi connectivity index (χ0v) is 44.1. The fraction of sp³-hybridized carbons (Fsp3) is 0.771. The lowest BCUT2D eigenvalue weighted by molar-refractivity contribution is -0.362. The number of aliphatic hydroxyl groups excluding tert-OH is 9. The molecule has 0 saturated carbocycles. The second-order valence-corrected chi connectivity index (χ2v) is 20.3. The van der Waals surface area contributed by atoms with Crippen molar-refractivity contribution in [2.24, 2.45) is 0 Å². The molecule has 440 valence electrons. The number of rotatable bonds is 28.